The predicted molar refractivity (Wildman–Crippen MR) is 113 cm³/mol. The first kappa shape index (κ1) is 18.4. The zero-order valence-electron chi connectivity index (χ0n) is 15.9. The van der Waals surface area contributed by atoms with Gasteiger partial charge in [-0.25, -0.2) is 8.78 Å². The summed E-state index contributed by atoms with van der Waals surface area (Å²) in [5, 5.41) is 1.55. The van der Waals surface area contributed by atoms with Crippen LogP contribution < -0.4 is 0 Å². The Morgan fingerprint density at radius 2 is 1.32 bits per heavy atom. The summed E-state index contributed by atoms with van der Waals surface area (Å²) in [6, 6.07) is 24.7. The monoisotopic (exact) mass is 372 g/mol. The maximum atomic E-state index is 15.0. The molecule has 0 N–H and O–H groups in total. The number of halogens is 2. The Bertz CT molecular complexity index is 1090. The van der Waals surface area contributed by atoms with E-state index in [9.17, 15) is 4.39 Å². The summed E-state index contributed by atoms with van der Waals surface area (Å²) in [6.07, 6.45) is 2.29. The van der Waals surface area contributed by atoms with Crippen LogP contribution in [-0.4, -0.2) is 0 Å². The van der Waals surface area contributed by atoms with Crippen LogP contribution in [0.3, 0.4) is 0 Å². The quantitative estimate of drug-likeness (QED) is 0.349. The molecule has 140 valence electrons. The molecule has 0 aromatic heterocycles. The molecule has 0 nitrogen and oxygen atoms in total. The van der Waals surface area contributed by atoms with Crippen LogP contribution in [0.25, 0.3) is 21.9 Å². The van der Waals surface area contributed by atoms with Gasteiger partial charge in [-0.3, -0.25) is 0 Å². The first-order chi connectivity index (χ1) is 13.6. The van der Waals surface area contributed by atoms with Crippen molar-refractivity contribution in [1.82, 2.24) is 0 Å². The summed E-state index contributed by atoms with van der Waals surface area (Å²) in [7, 11) is 0. The molecule has 0 saturated carbocycles. The molecule has 4 rings (SSSR count). The molecule has 0 fully saturated rings. The van der Waals surface area contributed by atoms with Gasteiger partial charge in [-0.05, 0) is 70.7 Å². The van der Waals surface area contributed by atoms with Gasteiger partial charge in [0.05, 0.1) is 0 Å². The molecule has 0 spiro atoms. The maximum absolute atomic E-state index is 15.0. The van der Waals surface area contributed by atoms with Crippen LogP contribution in [0.2, 0.25) is 0 Å². The molecule has 0 bridgehead atoms. The molecule has 0 amide bonds. The van der Waals surface area contributed by atoms with Crippen molar-refractivity contribution in [3.63, 3.8) is 0 Å². The van der Waals surface area contributed by atoms with Crippen molar-refractivity contribution in [2.24, 2.45) is 0 Å². The van der Waals surface area contributed by atoms with E-state index < -0.39 is 0 Å². The second kappa shape index (κ2) is 7.93. The van der Waals surface area contributed by atoms with Gasteiger partial charge < -0.3 is 0 Å². The van der Waals surface area contributed by atoms with Gasteiger partial charge in [0.25, 0.3) is 0 Å². The molecule has 4 aromatic carbocycles. The Labute approximate surface area is 164 Å². The minimum absolute atomic E-state index is 0.160. The Balaban J connectivity index is 1.59. The highest BCUT2D eigenvalue weighted by atomic mass is 19.1. The van der Waals surface area contributed by atoms with E-state index in [1.54, 1.807) is 12.1 Å². The van der Waals surface area contributed by atoms with Gasteiger partial charge in [0.15, 0.2) is 0 Å². The predicted octanol–water partition coefficient (Wildman–Crippen LogP) is 7.13. The Morgan fingerprint density at radius 1 is 0.643 bits per heavy atom. The number of fused-ring (bicyclic) bond motifs is 1. The molecular formula is C26H22F2. The van der Waals surface area contributed by atoms with Crippen LogP contribution >= 0.6 is 0 Å². The Morgan fingerprint density at radius 3 is 2.04 bits per heavy atom. The summed E-state index contributed by atoms with van der Waals surface area (Å²) in [5.41, 5.74) is 5.23. The lowest BCUT2D eigenvalue weighted by atomic mass is 9.96. The molecule has 0 atom stereocenters. The van der Waals surface area contributed by atoms with Gasteiger partial charge in [0, 0.05) is 5.39 Å². The molecule has 4 aromatic rings. The average molecular weight is 372 g/mol. The highest BCUT2D eigenvalue weighted by Gasteiger charge is 2.09. The summed E-state index contributed by atoms with van der Waals surface area (Å²) >= 11 is 0. The van der Waals surface area contributed by atoms with Crippen molar-refractivity contribution < 1.29 is 8.78 Å². The normalized spacial score (nSPS) is 11.1. The van der Waals surface area contributed by atoms with Crippen LogP contribution in [0.5, 0.6) is 0 Å². The standard InChI is InChI=1S/C26H22F2/c1-2-18-3-8-20(9-4-18)22-13-16-25-23(17-22)12-11-21(26(25)28)10-5-19-6-14-24(27)15-7-19/h3-4,6-9,11-17H,2,5,10H2,1H3. The molecule has 0 aliphatic heterocycles. The smallest absolute Gasteiger partial charge is 0.134 e. The fourth-order valence-electron chi connectivity index (χ4n) is 3.57. The lowest BCUT2D eigenvalue weighted by Crippen LogP contribution is -1.96. The second-order valence-electron chi connectivity index (χ2n) is 7.15. The maximum Gasteiger partial charge on any atom is 0.134 e. The van der Waals surface area contributed by atoms with E-state index >= 15 is 4.39 Å². The molecule has 2 heteroatoms. The Hall–Kier alpha value is -3.00. The van der Waals surface area contributed by atoms with Crippen molar-refractivity contribution >= 4 is 10.8 Å². The second-order valence-corrected chi connectivity index (χ2v) is 7.15. The van der Waals surface area contributed by atoms with E-state index in [-0.39, 0.29) is 11.6 Å². The fraction of sp³-hybridized carbons (Fsp3) is 0.154. The van der Waals surface area contributed by atoms with Gasteiger partial charge in [0.1, 0.15) is 11.6 Å². The van der Waals surface area contributed by atoms with Crippen molar-refractivity contribution in [3.8, 4) is 11.1 Å². The highest BCUT2D eigenvalue weighted by Crippen LogP contribution is 2.28. The van der Waals surface area contributed by atoms with E-state index in [1.165, 1.54) is 17.7 Å². The molecule has 28 heavy (non-hydrogen) atoms. The lowest BCUT2D eigenvalue weighted by Gasteiger charge is -2.09. The van der Waals surface area contributed by atoms with Crippen LogP contribution in [-0.2, 0) is 19.3 Å². The van der Waals surface area contributed by atoms with E-state index in [1.807, 2.05) is 30.3 Å². The van der Waals surface area contributed by atoms with E-state index in [0.717, 1.165) is 28.5 Å². The van der Waals surface area contributed by atoms with E-state index in [2.05, 4.69) is 31.2 Å². The minimum atomic E-state index is -0.249. The van der Waals surface area contributed by atoms with Crippen LogP contribution in [0.1, 0.15) is 23.6 Å². The molecule has 0 heterocycles. The van der Waals surface area contributed by atoms with Crippen molar-refractivity contribution in [1.29, 1.82) is 0 Å². The molecule has 0 unspecified atom stereocenters. The number of aryl methyl sites for hydroxylation is 3. The number of hydrogen-bond donors (Lipinski definition) is 0. The van der Waals surface area contributed by atoms with Gasteiger partial charge in [-0.2, -0.15) is 0 Å². The van der Waals surface area contributed by atoms with Crippen LogP contribution in [0.15, 0.2) is 78.9 Å². The minimum Gasteiger partial charge on any atom is -0.207 e. The van der Waals surface area contributed by atoms with Gasteiger partial charge >= 0.3 is 0 Å². The molecule has 0 aliphatic rings. The highest BCUT2D eigenvalue weighted by molar-refractivity contribution is 5.88. The molecule has 0 radical (unpaired) electrons. The van der Waals surface area contributed by atoms with Gasteiger partial charge in [-0.1, -0.05) is 67.6 Å². The first-order valence-electron chi connectivity index (χ1n) is 9.69. The zero-order chi connectivity index (χ0) is 19.5. The number of hydrogen-bond acceptors (Lipinski definition) is 0. The van der Waals surface area contributed by atoms with Crippen LogP contribution in [0.4, 0.5) is 8.78 Å². The Kier molecular flexibility index (Phi) is 5.21. The summed E-state index contributed by atoms with van der Waals surface area (Å²) in [4.78, 5) is 0. The van der Waals surface area contributed by atoms with Crippen molar-refractivity contribution in [3.05, 3.63) is 107 Å². The third kappa shape index (κ3) is 3.82. The SMILES string of the molecule is CCc1ccc(-c2ccc3c(F)c(CCc4ccc(F)cc4)ccc3c2)cc1. The van der Waals surface area contributed by atoms with Gasteiger partial charge in [-0.15, -0.1) is 0 Å². The number of rotatable bonds is 5. The lowest BCUT2D eigenvalue weighted by molar-refractivity contribution is 0.619. The first-order valence-corrected chi connectivity index (χ1v) is 9.69. The summed E-state index contributed by atoms with van der Waals surface area (Å²) in [5.74, 6) is -0.409. The third-order valence-corrected chi connectivity index (χ3v) is 5.33. The summed E-state index contributed by atoms with van der Waals surface area (Å²) < 4.78 is 28.0. The fourth-order valence-corrected chi connectivity index (χ4v) is 3.57. The summed E-state index contributed by atoms with van der Waals surface area (Å²) in [6.45, 7) is 2.14. The number of benzene rings is 4. The van der Waals surface area contributed by atoms with Gasteiger partial charge in [0.2, 0.25) is 0 Å². The molecule has 0 aliphatic carbocycles. The van der Waals surface area contributed by atoms with E-state index in [4.69, 9.17) is 0 Å². The largest absolute Gasteiger partial charge is 0.207 e. The molecule has 0 saturated heterocycles. The van der Waals surface area contributed by atoms with E-state index in [0.29, 0.717) is 23.8 Å². The zero-order valence-corrected chi connectivity index (χ0v) is 15.9. The molecular weight excluding hydrogens is 350 g/mol. The van der Waals surface area contributed by atoms with Crippen molar-refractivity contribution in [2.45, 2.75) is 26.2 Å². The average Bonchev–Trinajstić information content (AvgIpc) is 2.74. The van der Waals surface area contributed by atoms with Crippen LogP contribution in [0, 0.1) is 11.6 Å². The van der Waals surface area contributed by atoms with Crippen molar-refractivity contribution in [2.75, 3.05) is 0 Å². The third-order valence-electron chi connectivity index (χ3n) is 5.33. The topological polar surface area (TPSA) is 0 Å².